The molecule has 0 saturated carbocycles. The van der Waals surface area contributed by atoms with E-state index in [4.69, 9.17) is 16.3 Å². The second kappa shape index (κ2) is 8.16. The summed E-state index contributed by atoms with van der Waals surface area (Å²) in [4.78, 5) is 23.1. The Morgan fingerprint density at radius 2 is 2.00 bits per heavy atom. The summed E-state index contributed by atoms with van der Waals surface area (Å²) in [5, 5.41) is 3.14. The van der Waals surface area contributed by atoms with E-state index in [2.05, 4.69) is 20.2 Å². The molecule has 1 aromatic heterocycles. The summed E-state index contributed by atoms with van der Waals surface area (Å²) >= 11 is 6.11. The van der Waals surface area contributed by atoms with E-state index in [0.29, 0.717) is 12.5 Å². The lowest BCUT2D eigenvalue weighted by Crippen LogP contribution is -2.28. The zero-order valence-corrected chi connectivity index (χ0v) is 14.9. The number of ether oxygens (including phenoxy) is 1. The van der Waals surface area contributed by atoms with Crippen LogP contribution >= 0.6 is 11.6 Å². The third-order valence-electron chi connectivity index (χ3n) is 4.19. The maximum absolute atomic E-state index is 12.4. The fraction of sp³-hybridized carbons (Fsp3) is 0.389. The van der Waals surface area contributed by atoms with Crippen LogP contribution in [-0.2, 0) is 6.42 Å². The third kappa shape index (κ3) is 4.39. The van der Waals surface area contributed by atoms with Gasteiger partial charge in [0.05, 0.1) is 18.3 Å². The molecule has 132 valence electrons. The number of nitrogens with one attached hydrogen (secondary N) is 1. The molecule has 1 aliphatic rings. The van der Waals surface area contributed by atoms with Crippen LogP contribution in [-0.4, -0.2) is 42.6 Å². The summed E-state index contributed by atoms with van der Waals surface area (Å²) in [7, 11) is 1.64. The van der Waals surface area contributed by atoms with Crippen LogP contribution in [0.2, 0.25) is 5.02 Å². The number of halogens is 1. The van der Waals surface area contributed by atoms with Crippen molar-refractivity contribution in [3.8, 4) is 5.75 Å². The average Bonchev–Trinajstić information content (AvgIpc) is 3.17. The van der Waals surface area contributed by atoms with Crippen molar-refractivity contribution >= 4 is 23.5 Å². The number of nitrogens with zero attached hydrogens (tertiary/aromatic N) is 3. The van der Waals surface area contributed by atoms with E-state index in [0.717, 1.165) is 43.7 Å². The number of rotatable bonds is 6. The largest absolute Gasteiger partial charge is 0.497 e. The molecule has 1 N–H and O–H groups in total. The first-order chi connectivity index (χ1) is 12.2. The average molecular weight is 361 g/mol. The topological polar surface area (TPSA) is 67.3 Å². The number of aromatic nitrogens is 2. The molecule has 0 bridgehead atoms. The van der Waals surface area contributed by atoms with Gasteiger partial charge in [-0.3, -0.25) is 4.79 Å². The van der Waals surface area contributed by atoms with Crippen LogP contribution < -0.4 is 15.0 Å². The SMILES string of the molecule is COc1ccc(CCNC(=O)c2nc(N3CCCC3)ncc2Cl)cc1. The van der Waals surface area contributed by atoms with Crippen molar-refractivity contribution in [3.05, 3.63) is 46.7 Å². The van der Waals surface area contributed by atoms with E-state index in [-0.39, 0.29) is 16.6 Å². The Bertz CT molecular complexity index is 730. The lowest BCUT2D eigenvalue weighted by atomic mass is 10.1. The second-order valence-electron chi connectivity index (χ2n) is 5.91. The van der Waals surface area contributed by atoms with Crippen LogP contribution in [0.4, 0.5) is 5.95 Å². The molecule has 6 nitrogen and oxygen atoms in total. The third-order valence-corrected chi connectivity index (χ3v) is 4.47. The molecule has 1 saturated heterocycles. The molecular weight excluding hydrogens is 340 g/mol. The molecule has 3 rings (SSSR count). The number of hydrogen-bond acceptors (Lipinski definition) is 5. The predicted molar refractivity (Wildman–Crippen MR) is 97.5 cm³/mol. The highest BCUT2D eigenvalue weighted by Crippen LogP contribution is 2.19. The zero-order valence-electron chi connectivity index (χ0n) is 14.2. The van der Waals surface area contributed by atoms with Gasteiger partial charge < -0.3 is 15.0 Å². The summed E-state index contributed by atoms with van der Waals surface area (Å²) in [5.74, 6) is 1.11. The highest BCUT2D eigenvalue weighted by Gasteiger charge is 2.19. The van der Waals surface area contributed by atoms with Crippen molar-refractivity contribution < 1.29 is 9.53 Å². The monoisotopic (exact) mass is 360 g/mol. The molecule has 0 spiro atoms. The lowest BCUT2D eigenvalue weighted by Gasteiger charge is -2.16. The zero-order chi connectivity index (χ0) is 17.6. The van der Waals surface area contributed by atoms with Crippen LogP contribution in [0.1, 0.15) is 28.9 Å². The number of carbonyl (C=O) groups excluding carboxylic acids is 1. The van der Waals surface area contributed by atoms with Crippen LogP contribution in [0.25, 0.3) is 0 Å². The Kier molecular flexibility index (Phi) is 5.71. The van der Waals surface area contributed by atoms with Crippen LogP contribution in [0, 0.1) is 0 Å². The van der Waals surface area contributed by atoms with Gasteiger partial charge in [-0.05, 0) is 37.0 Å². The summed E-state index contributed by atoms with van der Waals surface area (Å²) in [6, 6.07) is 7.77. The van der Waals surface area contributed by atoms with E-state index in [1.807, 2.05) is 24.3 Å². The van der Waals surface area contributed by atoms with Crippen LogP contribution in [0.15, 0.2) is 30.5 Å². The number of carbonyl (C=O) groups is 1. The highest BCUT2D eigenvalue weighted by atomic mass is 35.5. The Morgan fingerprint density at radius 3 is 2.68 bits per heavy atom. The second-order valence-corrected chi connectivity index (χ2v) is 6.32. The van der Waals surface area contributed by atoms with Crippen molar-refractivity contribution in [3.63, 3.8) is 0 Å². The molecule has 2 heterocycles. The first-order valence-corrected chi connectivity index (χ1v) is 8.74. The van der Waals surface area contributed by atoms with Crippen LogP contribution in [0.5, 0.6) is 5.75 Å². The van der Waals surface area contributed by atoms with Gasteiger partial charge >= 0.3 is 0 Å². The molecule has 0 aliphatic carbocycles. The van der Waals surface area contributed by atoms with Gasteiger partial charge in [-0.25, -0.2) is 9.97 Å². The molecule has 0 radical (unpaired) electrons. The fourth-order valence-electron chi connectivity index (χ4n) is 2.78. The van der Waals surface area contributed by atoms with E-state index < -0.39 is 0 Å². The minimum Gasteiger partial charge on any atom is -0.497 e. The Balaban J connectivity index is 1.59. The van der Waals surface area contributed by atoms with Gasteiger partial charge in [0, 0.05) is 19.6 Å². The Labute approximate surface area is 152 Å². The molecule has 1 amide bonds. The van der Waals surface area contributed by atoms with Gasteiger partial charge in [0.2, 0.25) is 5.95 Å². The van der Waals surface area contributed by atoms with E-state index in [1.165, 1.54) is 6.20 Å². The molecule has 25 heavy (non-hydrogen) atoms. The first kappa shape index (κ1) is 17.5. The van der Waals surface area contributed by atoms with Crippen molar-refractivity contribution in [2.24, 2.45) is 0 Å². The smallest absolute Gasteiger partial charge is 0.271 e. The number of methoxy groups -OCH3 is 1. The summed E-state index contributed by atoms with van der Waals surface area (Å²) < 4.78 is 5.13. The molecule has 7 heteroatoms. The summed E-state index contributed by atoms with van der Waals surface area (Å²) in [6.07, 6.45) is 4.46. The first-order valence-electron chi connectivity index (χ1n) is 8.36. The van der Waals surface area contributed by atoms with E-state index in [9.17, 15) is 4.79 Å². The van der Waals surface area contributed by atoms with E-state index >= 15 is 0 Å². The molecule has 1 fully saturated rings. The molecule has 1 aliphatic heterocycles. The summed E-state index contributed by atoms with van der Waals surface area (Å²) in [6.45, 7) is 2.34. The normalized spacial score (nSPS) is 13.8. The molecule has 0 atom stereocenters. The van der Waals surface area contributed by atoms with Gasteiger partial charge in [0.15, 0.2) is 5.69 Å². The van der Waals surface area contributed by atoms with Crippen molar-refractivity contribution in [1.29, 1.82) is 0 Å². The maximum Gasteiger partial charge on any atom is 0.271 e. The predicted octanol–water partition coefficient (Wildman–Crippen LogP) is 2.71. The van der Waals surface area contributed by atoms with Crippen LogP contribution in [0.3, 0.4) is 0 Å². The van der Waals surface area contributed by atoms with Crippen molar-refractivity contribution in [2.75, 3.05) is 31.6 Å². The Hall–Kier alpha value is -2.34. The summed E-state index contributed by atoms with van der Waals surface area (Å²) in [5.41, 5.74) is 1.35. The quantitative estimate of drug-likeness (QED) is 0.857. The van der Waals surface area contributed by atoms with Gasteiger partial charge in [0.1, 0.15) is 5.75 Å². The molecule has 1 aromatic carbocycles. The number of anilines is 1. The number of amides is 1. The highest BCUT2D eigenvalue weighted by molar-refractivity contribution is 6.33. The molecule has 0 unspecified atom stereocenters. The minimum atomic E-state index is -0.277. The molecular formula is C18H21ClN4O2. The van der Waals surface area contributed by atoms with Gasteiger partial charge in [-0.1, -0.05) is 23.7 Å². The number of hydrogen-bond donors (Lipinski definition) is 1. The van der Waals surface area contributed by atoms with Crippen molar-refractivity contribution in [2.45, 2.75) is 19.3 Å². The minimum absolute atomic E-state index is 0.230. The number of benzene rings is 1. The van der Waals surface area contributed by atoms with Crippen molar-refractivity contribution in [1.82, 2.24) is 15.3 Å². The van der Waals surface area contributed by atoms with Gasteiger partial charge in [-0.2, -0.15) is 0 Å². The van der Waals surface area contributed by atoms with Gasteiger partial charge in [0.25, 0.3) is 5.91 Å². The molecule has 2 aromatic rings. The fourth-order valence-corrected chi connectivity index (χ4v) is 2.96. The standard InChI is InChI=1S/C18H21ClN4O2/c1-25-14-6-4-13(5-7-14)8-9-20-17(24)16-15(19)12-21-18(22-16)23-10-2-3-11-23/h4-7,12H,2-3,8-11H2,1H3,(H,20,24). The van der Waals surface area contributed by atoms with Gasteiger partial charge in [-0.15, -0.1) is 0 Å². The maximum atomic E-state index is 12.4. The van der Waals surface area contributed by atoms with E-state index in [1.54, 1.807) is 7.11 Å². The Morgan fingerprint density at radius 1 is 1.28 bits per heavy atom. The lowest BCUT2D eigenvalue weighted by molar-refractivity contribution is 0.0949.